The number of fused-ring (bicyclic) bond motifs is 1. The van der Waals surface area contributed by atoms with Gasteiger partial charge in [0.15, 0.2) is 11.5 Å². The molecule has 1 N–H and O–H groups in total. The third-order valence-corrected chi connectivity index (χ3v) is 3.12. The van der Waals surface area contributed by atoms with E-state index in [4.69, 9.17) is 9.47 Å². The predicted molar refractivity (Wildman–Crippen MR) is 67.0 cm³/mol. The van der Waals surface area contributed by atoms with Crippen LogP contribution in [0.25, 0.3) is 0 Å². The van der Waals surface area contributed by atoms with Crippen molar-refractivity contribution < 1.29 is 14.3 Å². The maximum atomic E-state index is 11.7. The van der Waals surface area contributed by atoms with Gasteiger partial charge < -0.3 is 19.7 Å². The Morgan fingerprint density at radius 3 is 2.83 bits per heavy atom. The van der Waals surface area contributed by atoms with Crippen molar-refractivity contribution in [1.82, 2.24) is 5.32 Å². The third-order valence-electron chi connectivity index (χ3n) is 3.12. The van der Waals surface area contributed by atoms with Crippen molar-refractivity contribution >= 4 is 11.6 Å². The number of carbonyl (C=O) groups excluding carboxylic acids is 1. The van der Waals surface area contributed by atoms with E-state index in [1.165, 1.54) is 0 Å². The van der Waals surface area contributed by atoms with Gasteiger partial charge in [0.05, 0.1) is 12.1 Å². The molecule has 2 heterocycles. The largest absolute Gasteiger partial charge is 0.454 e. The van der Waals surface area contributed by atoms with Crippen LogP contribution in [0.15, 0.2) is 18.2 Å². The second-order valence-corrected chi connectivity index (χ2v) is 5.33. The van der Waals surface area contributed by atoms with Crippen LogP contribution in [-0.4, -0.2) is 31.3 Å². The molecule has 0 saturated carbocycles. The van der Waals surface area contributed by atoms with E-state index in [0.717, 1.165) is 23.7 Å². The Kier molecular flexibility index (Phi) is 2.36. The van der Waals surface area contributed by atoms with Gasteiger partial charge in [-0.25, -0.2) is 0 Å². The highest BCUT2D eigenvalue weighted by Gasteiger charge is 2.31. The molecule has 18 heavy (non-hydrogen) atoms. The summed E-state index contributed by atoms with van der Waals surface area (Å²) >= 11 is 0. The zero-order valence-corrected chi connectivity index (χ0v) is 10.5. The zero-order chi connectivity index (χ0) is 12.8. The summed E-state index contributed by atoms with van der Waals surface area (Å²) in [5.41, 5.74) is 0.772. The Morgan fingerprint density at radius 1 is 1.28 bits per heavy atom. The van der Waals surface area contributed by atoms with Gasteiger partial charge in [-0.15, -0.1) is 0 Å². The number of nitrogens with one attached hydrogen (secondary N) is 1. The van der Waals surface area contributed by atoms with Crippen LogP contribution in [-0.2, 0) is 4.79 Å². The van der Waals surface area contributed by atoms with Crippen molar-refractivity contribution in [3.05, 3.63) is 18.2 Å². The third kappa shape index (κ3) is 1.96. The fourth-order valence-electron chi connectivity index (χ4n) is 2.43. The number of anilines is 1. The Labute approximate surface area is 106 Å². The molecule has 1 aromatic carbocycles. The van der Waals surface area contributed by atoms with Gasteiger partial charge in [-0.3, -0.25) is 4.79 Å². The molecular formula is C13H16N2O3. The number of nitrogens with zero attached hydrogens (tertiary/aromatic N) is 1. The number of piperazine rings is 1. The van der Waals surface area contributed by atoms with Gasteiger partial charge >= 0.3 is 0 Å². The molecule has 1 aromatic rings. The van der Waals surface area contributed by atoms with Gasteiger partial charge in [-0.2, -0.15) is 0 Å². The molecule has 5 heteroatoms. The van der Waals surface area contributed by atoms with Crippen molar-refractivity contribution in [2.45, 2.75) is 19.4 Å². The van der Waals surface area contributed by atoms with Gasteiger partial charge in [-0.05, 0) is 26.0 Å². The number of carbonyl (C=O) groups is 1. The van der Waals surface area contributed by atoms with Crippen LogP contribution >= 0.6 is 0 Å². The Morgan fingerprint density at radius 2 is 2.06 bits per heavy atom. The molecule has 2 aliphatic rings. The van der Waals surface area contributed by atoms with E-state index in [9.17, 15) is 4.79 Å². The van der Waals surface area contributed by atoms with E-state index in [1.807, 2.05) is 32.0 Å². The molecule has 0 atom stereocenters. The summed E-state index contributed by atoms with van der Waals surface area (Å²) in [5.74, 6) is 1.56. The maximum Gasteiger partial charge on any atom is 0.239 e. The van der Waals surface area contributed by atoms with Crippen molar-refractivity contribution in [3.63, 3.8) is 0 Å². The number of rotatable bonds is 1. The van der Waals surface area contributed by atoms with E-state index < -0.39 is 0 Å². The minimum absolute atomic E-state index is 0.0453. The van der Waals surface area contributed by atoms with Crippen molar-refractivity contribution in [2.24, 2.45) is 0 Å². The van der Waals surface area contributed by atoms with E-state index in [0.29, 0.717) is 6.54 Å². The standard InChI is InChI=1S/C13H16N2O3/c1-13(2)7-15(6-12(16)14-13)9-3-4-10-11(5-9)18-8-17-10/h3-5H,6-8H2,1-2H3,(H,14,16). The highest BCUT2D eigenvalue weighted by Crippen LogP contribution is 2.36. The molecule has 5 nitrogen and oxygen atoms in total. The van der Waals surface area contributed by atoms with Crippen LogP contribution in [0.1, 0.15) is 13.8 Å². The molecule has 0 aromatic heterocycles. The number of hydrogen-bond donors (Lipinski definition) is 1. The molecule has 0 unspecified atom stereocenters. The Bertz CT molecular complexity index is 499. The summed E-state index contributed by atoms with van der Waals surface area (Å²) in [6, 6.07) is 5.77. The average molecular weight is 248 g/mol. The SMILES string of the molecule is CC1(C)CN(c2ccc3c(c2)OCO3)CC(=O)N1. The van der Waals surface area contributed by atoms with E-state index in [1.54, 1.807) is 0 Å². The summed E-state index contributed by atoms with van der Waals surface area (Å²) < 4.78 is 10.6. The first kappa shape index (κ1) is 11.2. The van der Waals surface area contributed by atoms with E-state index in [2.05, 4.69) is 10.2 Å². The first-order valence-corrected chi connectivity index (χ1v) is 5.99. The molecule has 0 bridgehead atoms. The van der Waals surface area contributed by atoms with Crippen LogP contribution in [0.2, 0.25) is 0 Å². The summed E-state index contributed by atoms with van der Waals surface area (Å²) in [6.07, 6.45) is 0. The lowest BCUT2D eigenvalue weighted by atomic mass is 10.0. The van der Waals surface area contributed by atoms with Crippen LogP contribution in [0.5, 0.6) is 11.5 Å². The van der Waals surface area contributed by atoms with Crippen molar-refractivity contribution in [2.75, 3.05) is 24.8 Å². The van der Waals surface area contributed by atoms with Crippen molar-refractivity contribution in [3.8, 4) is 11.5 Å². The topological polar surface area (TPSA) is 50.8 Å². The van der Waals surface area contributed by atoms with Gasteiger partial charge in [-0.1, -0.05) is 0 Å². The molecule has 1 fully saturated rings. The smallest absolute Gasteiger partial charge is 0.239 e. The molecule has 1 amide bonds. The average Bonchev–Trinajstić information content (AvgIpc) is 2.72. The van der Waals surface area contributed by atoms with Gasteiger partial charge in [0, 0.05) is 18.3 Å². The number of benzene rings is 1. The first-order chi connectivity index (χ1) is 8.53. The number of amides is 1. The second kappa shape index (κ2) is 3.80. The van der Waals surface area contributed by atoms with Crippen LogP contribution < -0.4 is 19.7 Å². The van der Waals surface area contributed by atoms with E-state index >= 15 is 0 Å². The molecule has 96 valence electrons. The predicted octanol–water partition coefficient (Wildman–Crippen LogP) is 1.13. The van der Waals surface area contributed by atoms with Crippen LogP contribution in [0.3, 0.4) is 0 Å². The molecule has 0 spiro atoms. The first-order valence-electron chi connectivity index (χ1n) is 5.99. The highest BCUT2D eigenvalue weighted by molar-refractivity contribution is 5.84. The molecule has 0 aliphatic carbocycles. The lowest BCUT2D eigenvalue weighted by molar-refractivity contribution is -0.122. The normalized spacial score (nSPS) is 20.8. The lowest BCUT2D eigenvalue weighted by Gasteiger charge is -2.39. The monoisotopic (exact) mass is 248 g/mol. The molecular weight excluding hydrogens is 232 g/mol. The number of ether oxygens (including phenoxy) is 2. The highest BCUT2D eigenvalue weighted by atomic mass is 16.7. The molecule has 0 radical (unpaired) electrons. The number of hydrogen-bond acceptors (Lipinski definition) is 4. The second-order valence-electron chi connectivity index (χ2n) is 5.33. The molecule has 3 rings (SSSR count). The quantitative estimate of drug-likeness (QED) is 0.809. The van der Waals surface area contributed by atoms with Gasteiger partial charge in [0.2, 0.25) is 12.7 Å². The van der Waals surface area contributed by atoms with Crippen LogP contribution in [0, 0.1) is 0 Å². The fraction of sp³-hybridized carbons (Fsp3) is 0.462. The lowest BCUT2D eigenvalue weighted by Crippen LogP contribution is -2.60. The van der Waals surface area contributed by atoms with E-state index in [-0.39, 0.29) is 18.2 Å². The van der Waals surface area contributed by atoms with Gasteiger partial charge in [0.25, 0.3) is 0 Å². The molecule has 1 saturated heterocycles. The Hall–Kier alpha value is -1.91. The van der Waals surface area contributed by atoms with Gasteiger partial charge in [0.1, 0.15) is 0 Å². The summed E-state index contributed by atoms with van der Waals surface area (Å²) in [5, 5.41) is 2.97. The molecule has 2 aliphatic heterocycles. The summed E-state index contributed by atoms with van der Waals surface area (Å²) in [6.45, 7) is 5.46. The van der Waals surface area contributed by atoms with Crippen molar-refractivity contribution in [1.29, 1.82) is 0 Å². The zero-order valence-electron chi connectivity index (χ0n) is 10.5. The Balaban J connectivity index is 1.88. The maximum absolute atomic E-state index is 11.7. The minimum Gasteiger partial charge on any atom is -0.454 e. The fourth-order valence-corrected chi connectivity index (χ4v) is 2.43. The van der Waals surface area contributed by atoms with Crippen LogP contribution in [0.4, 0.5) is 5.69 Å². The minimum atomic E-state index is -0.217. The summed E-state index contributed by atoms with van der Waals surface area (Å²) in [7, 11) is 0. The summed E-state index contributed by atoms with van der Waals surface area (Å²) in [4.78, 5) is 13.7.